The molecule has 0 aliphatic carbocycles. The van der Waals surface area contributed by atoms with Gasteiger partial charge < -0.3 is 4.90 Å². The first kappa shape index (κ1) is 13.3. The Morgan fingerprint density at radius 3 is 2.42 bits per heavy atom. The summed E-state index contributed by atoms with van der Waals surface area (Å²) >= 11 is 0. The summed E-state index contributed by atoms with van der Waals surface area (Å²) < 4.78 is 1.86. The minimum Gasteiger partial charge on any atom is -0.339 e. The van der Waals surface area contributed by atoms with Gasteiger partial charge in [-0.15, -0.1) is 0 Å². The van der Waals surface area contributed by atoms with Gasteiger partial charge in [-0.2, -0.15) is 5.10 Å². The Kier molecular flexibility index (Phi) is 4.34. The van der Waals surface area contributed by atoms with Crippen LogP contribution in [0.1, 0.15) is 29.8 Å². The van der Waals surface area contributed by atoms with Crippen molar-refractivity contribution in [3.05, 3.63) is 53.9 Å². The van der Waals surface area contributed by atoms with E-state index >= 15 is 0 Å². The Labute approximate surface area is 113 Å². The number of hydrogen-bond donors (Lipinski definition) is 0. The van der Waals surface area contributed by atoms with E-state index in [9.17, 15) is 4.79 Å². The maximum atomic E-state index is 12.1. The van der Waals surface area contributed by atoms with E-state index in [2.05, 4.69) is 5.10 Å². The molecule has 1 amide bonds. The summed E-state index contributed by atoms with van der Waals surface area (Å²) in [5.41, 5.74) is 1.88. The molecule has 0 unspecified atom stereocenters. The molecule has 4 heteroatoms. The Morgan fingerprint density at radius 2 is 1.89 bits per heavy atom. The van der Waals surface area contributed by atoms with E-state index in [0.29, 0.717) is 0 Å². The van der Waals surface area contributed by atoms with Crippen molar-refractivity contribution in [2.75, 3.05) is 13.1 Å². The molecule has 19 heavy (non-hydrogen) atoms. The molecule has 2 rings (SSSR count). The minimum absolute atomic E-state index is 0.0932. The zero-order chi connectivity index (χ0) is 13.7. The SMILES string of the molecule is CCN(CC)C(=O)c1ccc(Cn2cccn2)cc1. The molecule has 2 aromatic rings. The van der Waals surface area contributed by atoms with Crippen molar-refractivity contribution in [1.29, 1.82) is 0 Å². The van der Waals surface area contributed by atoms with Crippen LogP contribution in [0, 0.1) is 0 Å². The molecule has 1 heterocycles. The van der Waals surface area contributed by atoms with Crippen LogP contribution in [0.25, 0.3) is 0 Å². The van der Waals surface area contributed by atoms with Crippen molar-refractivity contribution in [2.24, 2.45) is 0 Å². The van der Waals surface area contributed by atoms with E-state index in [4.69, 9.17) is 0 Å². The fourth-order valence-electron chi connectivity index (χ4n) is 2.03. The van der Waals surface area contributed by atoms with Gasteiger partial charge in [-0.3, -0.25) is 9.48 Å². The van der Waals surface area contributed by atoms with Crippen LogP contribution < -0.4 is 0 Å². The van der Waals surface area contributed by atoms with Crippen LogP contribution in [-0.4, -0.2) is 33.7 Å². The predicted molar refractivity (Wildman–Crippen MR) is 75.0 cm³/mol. The third-order valence-electron chi connectivity index (χ3n) is 3.16. The summed E-state index contributed by atoms with van der Waals surface area (Å²) in [6, 6.07) is 9.65. The van der Waals surface area contributed by atoms with Crippen LogP contribution in [0.3, 0.4) is 0 Å². The van der Waals surface area contributed by atoms with E-state index in [-0.39, 0.29) is 5.91 Å². The second-order valence-electron chi connectivity index (χ2n) is 4.38. The highest BCUT2D eigenvalue weighted by Gasteiger charge is 2.11. The van der Waals surface area contributed by atoms with Crippen LogP contribution in [0.4, 0.5) is 0 Å². The average molecular weight is 257 g/mol. The number of nitrogens with zero attached hydrogens (tertiary/aromatic N) is 3. The topological polar surface area (TPSA) is 38.1 Å². The first-order chi connectivity index (χ1) is 9.24. The first-order valence-electron chi connectivity index (χ1n) is 6.60. The summed E-state index contributed by atoms with van der Waals surface area (Å²) in [7, 11) is 0. The number of rotatable bonds is 5. The van der Waals surface area contributed by atoms with E-state index in [1.165, 1.54) is 0 Å². The molecule has 0 aliphatic rings. The summed E-state index contributed by atoms with van der Waals surface area (Å²) in [6.45, 7) is 6.20. The van der Waals surface area contributed by atoms with E-state index in [1.807, 2.05) is 60.0 Å². The molecule has 4 nitrogen and oxygen atoms in total. The largest absolute Gasteiger partial charge is 0.339 e. The normalized spacial score (nSPS) is 10.4. The monoisotopic (exact) mass is 257 g/mol. The summed E-state index contributed by atoms with van der Waals surface area (Å²) in [6.07, 6.45) is 3.69. The maximum Gasteiger partial charge on any atom is 0.253 e. The molecule has 0 atom stereocenters. The molecule has 0 radical (unpaired) electrons. The van der Waals surface area contributed by atoms with Crippen molar-refractivity contribution in [3.63, 3.8) is 0 Å². The zero-order valence-corrected chi connectivity index (χ0v) is 11.4. The Bertz CT molecular complexity index is 513. The summed E-state index contributed by atoms with van der Waals surface area (Å²) in [4.78, 5) is 14.0. The minimum atomic E-state index is 0.0932. The molecular formula is C15H19N3O. The Balaban J connectivity index is 2.07. The highest BCUT2D eigenvalue weighted by atomic mass is 16.2. The van der Waals surface area contributed by atoms with Gasteiger partial charge in [0.15, 0.2) is 0 Å². The zero-order valence-electron chi connectivity index (χ0n) is 11.4. The fourth-order valence-corrected chi connectivity index (χ4v) is 2.03. The molecular weight excluding hydrogens is 238 g/mol. The average Bonchev–Trinajstić information content (AvgIpc) is 2.94. The second kappa shape index (κ2) is 6.18. The Hall–Kier alpha value is -2.10. The van der Waals surface area contributed by atoms with Gasteiger partial charge in [-0.1, -0.05) is 12.1 Å². The van der Waals surface area contributed by atoms with Crippen molar-refractivity contribution < 1.29 is 4.79 Å². The number of hydrogen-bond acceptors (Lipinski definition) is 2. The number of amides is 1. The molecule has 0 bridgehead atoms. The van der Waals surface area contributed by atoms with E-state index in [0.717, 1.165) is 30.8 Å². The van der Waals surface area contributed by atoms with Crippen LogP contribution in [0.5, 0.6) is 0 Å². The van der Waals surface area contributed by atoms with Gasteiger partial charge in [0.05, 0.1) is 6.54 Å². The lowest BCUT2D eigenvalue weighted by Crippen LogP contribution is -2.30. The molecule has 1 aromatic carbocycles. The Morgan fingerprint density at radius 1 is 1.21 bits per heavy atom. The molecule has 0 saturated heterocycles. The van der Waals surface area contributed by atoms with Gasteiger partial charge in [0.25, 0.3) is 5.91 Å². The molecule has 0 spiro atoms. The lowest BCUT2D eigenvalue weighted by molar-refractivity contribution is 0.0773. The van der Waals surface area contributed by atoms with Gasteiger partial charge in [0, 0.05) is 31.0 Å². The molecule has 0 N–H and O–H groups in total. The van der Waals surface area contributed by atoms with Crippen molar-refractivity contribution >= 4 is 5.91 Å². The van der Waals surface area contributed by atoms with E-state index < -0.39 is 0 Å². The summed E-state index contributed by atoms with van der Waals surface area (Å²) in [5, 5.41) is 4.17. The van der Waals surface area contributed by atoms with Crippen LogP contribution in [-0.2, 0) is 6.54 Å². The quantitative estimate of drug-likeness (QED) is 0.825. The molecule has 0 fully saturated rings. The number of aromatic nitrogens is 2. The smallest absolute Gasteiger partial charge is 0.253 e. The van der Waals surface area contributed by atoms with Gasteiger partial charge in [-0.25, -0.2) is 0 Å². The third-order valence-corrected chi connectivity index (χ3v) is 3.16. The van der Waals surface area contributed by atoms with Gasteiger partial charge in [0.1, 0.15) is 0 Å². The lowest BCUT2D eigenvalue weighted by atomic mass is 10.1. The number of carbonyl (C=O) groups excluding carboxylic acids is 1. The van der Waals surface area contributed by atoms with Gasteiger partial charge >= 0.3 is 0 Å². The number of carbonyl (C=O) groups is 1. The highest BCUT2D eigenvalue weighted by molar-refractivity contribution is 5.94. The van der Waals surface area contributed by atoms with Gasteiger partial charge in [-0.05, 0) is 37.6 Å². The summed E-state index contributed by atoms with van der Waals surface area (Å²) in [5.74, 6) is 0.0932. The van der Waals surface area contributed by atoms with E-state index in [1.54, 1.807) is 6.20 Å². The van der Waals surface area contributed by atoms with Crippen molar-refractivity contribution in [3.8, 4) is 0 Å². The molecule has 0 saturated carbocycles. The number of benzene rings is 1. The van der Waals surface area contributed by atoms with Crippen LogP contribution in [0.15, 0.2) is 42.7 Å². The van der Waals surface area contributed by atoms with Crippen molar-refractivity contribution in [2.45, 2.75) is 20.4 Å². The first-order valence-corrected chi connectivity index (χ1v) is 6.60. The highest BCUT2D eigenvalue weighted by Crippen LogP contribution is 2.09. The van der Waals surface area contributed by atoms with Crippen LogP contribution >= 0.6 is 0 Å². The predicted octanol–water partition coefficient (Wildman–Crippen LogP) is 2.41. The molecule has 100 valence electrons. The lowest BCUT2D eigenvalue weighted by Gasteiger charge is -2.18. The van der Waals surface area contributed by atoms with Gasteiger partial charge in [0.2, 0.25) is 0 Å². The van der Waals surface area contributed by atoms with Crippen LogP contribution in [0.2, 0.25) is 0 Å². The second-order valence-corrected chi connectivity index (χ2v) is 4.38. The molecule has 1 aromatic heterocycles. The standard InChI is InChI=1S/C15H19N3O/c1-3-17(4-2)15(19)14-8-6-13(7-9-14)12-18-11-5-10-16-18/h5-11H,3-4,12H2,1-2H3. The maximum absolute atomic E-state index is 12.1. The fraction of sp³-hybridized carbons (Fsp3) is 0.333. The molecule has 0 aliphatic heterocycles. The third kappa shape index (κ3) is 3.22. The van der Waals surface area contributed by atoms with Crippen molar-refractivity contribution in [1.82, 2.24) is 14.7 Å².